The van der Waals surface area contributed by atoms with Crippen molar-refractivity contribution in [2.75, 3.05) is 7.11 Å². The number of cyclic esters (lactones) is 1. The molecule has 1 aliphatic heterocycles. The van der Waals surface area contributed by atoms with E-state index < -0.39 is 12.2 Å². The smallest absolute Gasteiger partial charge is 0.408 e. The molecule has 1 heterocycles. The minimum atomic E-state index is -0.482. The van der Waals surface area contributed by atoms with E-state index >= 15 is 0 Å². The first-order valence-corrected chi connectivity index (χ1v) is 9.11. The van der Waals surface area contributed by atoms with E-state index in [2.05, 4.69) is 17.2 Å². The Balaban J connectivity index is 1.63. The third-order valence-corrected chi connectivity index (χ3v) is 4.65. The molecule has 0 spiro atoms. The molecule has 144 valence electrons. The molecule has 0 aliphatic carbocycles. The molecule has 1 fully saturated rings. The number of benzene rings is 3. The van der Waals surface area contributed by atoms with Gasteiger partial charge in [0.2, 0.25) is 0 Å². The number of carbonyl (C=O) groups is 1. The lowest BCUT2D eigenvalue weighted by atomic mass is 9.95. The Morgan fingerprint density at radius 1 is 0.931 bits per heavy atom. The quantitative estimate of drug-likeness (QED) is 0.660. The number of nitrogens with one attached hydrogen (secondary N) is 1. The van der Waals surface area contributed by atoms with Crippen molar-refractivity contribution in [3.05, 3.63) is 101 Å². The molecule has 5 heteroatoms. The van der Waals surface area contributed by atoms with Crippen molar-refractivity contribution in [3.8, 4) is 17.6 Å². The Hall–Kier alpha value is -3.78. The summed E-state index contributed by atoms with van der Waals surface area (Å²) >= 11 is 0. The van der Waals surface area contributed by atoms with Crippen LogP contribution in [0.5, 0.6) is 5.75 Å². The predicted molar refractivity (Wildman–Crippen MR) is 107 cm³/mol. The molecule has 4 nitrogen and oxygen atoms in total. The summed E-state index contributed by atoms with van der Waals surface area (Å²) in [6, 6.07) is 20.8. The Bertz CT molecular complexity index is 1120. The van der Waals surface area contributed by atoms with Crippen molar-refractivity contribution in [2.24, 2.45) is 0 Å². The number of carbonyl (C=O) groups excluding carboxylic acids is 1. The molecule has 1 saturated heterocycles. The summed E-state index contributed by atoms with van der Waals surface area (Å²) in [5.41, 5.74) is 3.07. The summed E-state index contributed by atoms with van der Waals surface area (Å²) in [5, 5.41) is 2.86. The fourth-order valence-electron chi connectivity index (χ4n) is 3.28. The molecule has 1 N–H and O–H groups in total. The third kappa shape index (κ3) is 4.22. The van der Waals surface area contributed by atoms with E-state index in [1.807, 2.05) is 48.5 Å². The summed E-state index contributed by atoms with van der Waals surface area (Å²) in [6.45, 7) is 0. The zero-order chi connectivity index (χ0) is 20.2. The molecular formula is C24H18FNO3. The molecule has 3 aromatic carbocycles. The zero-order valence-electron chi connectivity index (χ0n) is 15.7. The molecule has 1 amide bonds. The number of alkyl carbamates (subject to hydrolysis) is 1. The summed E-state index contributed by atoms with van der Waals surface area (Å²) in [6.07, 6.45) is -0.955. The first-order chi connectivity index (χ1) is 14.1. The maximum Gasteiger partial charge on any atom is 0.408 e. The number of halogens is 1. The van der Waals surface area contributed by atoms with Crippen molar-refractivity contribution in [1.82, 2.24) is 5.32 Å². The largest absolute Gasteiger partial charge is 0.497 e. The number of methoxy groups -OCH3 is 1. The lowest BCUT2D eigenvalue weighted by molar-refractivity contribution is 0.132. The highest BCUT2D eigenvalue weighted by molar-refractivity contribution is 5.71. The Kier molecular flexibility index (Phi) is 5.17. The van der Waals surface area contributed by atoms with Crippen molar-refractivity contribution in [3.63, 3.8) is 0 Å². The molecule has 0 radical (unpaired) electrons. The van der Waals surface area contributed by atoms with E-state index in [9.17, 15) is 9.18 Å². The van der Waals surface area contributed by atoms with Crippen molar-refractivity contribution in [1.29, 1.82) is 0 Å². The van der Waals surface area contributed by atoms with E-state index in [0.29, 0.717) is 11.3 Å². The first kappa shape index (κ1) is 18.6. The molecule has 29 heavy (non-hydrogen) atoms. The van der Waals surface area contributed by atoms with E-state index in [1.54, 1.807) is 19.2 Å². The van der Waals surface area contributed by atoms with Gasteiger partial charge in [-0.25, -0.2) is 9.18 Å². The van der Waals surface area contributed by atoms with Crippen molar-refractivity contribution < 1.29 is 18.7 Å². The van der Waals surface area contributed by atoms with Crippen LogP contribution in [0.4, 0.5) is 9.18 Å². The average Bonchev–Trinajstić information content (AvgIpc) is 3.14. The molecular weight excluding hydrogens is 369 g/mol. The lowest BCUT2D eigenvalue weighted by Crippen LogP contribution is -2.19. The topological polar surface area (TPSA) is 47.6 Å². The van der Waals surface area contributed by atoms with Gasteiger partial charge in [-0.05, 0) is 53.6 Å². The second kappa shape index (κ2) is 8.07. The molecule has 0 bridgehead atoms. The van der Waals surface area contributed by atoms with Crippen LogP contribution in [0, 0.1) is 17.7 Å². The molecule has 0 saturated carbocycles. The van der Waals surface area contributed by atoms with E-state index in [4.69, 9.17) is 9.47 Å². The van der Waals surface area contributed by atoms with Gasteiger partial charge in [-0.1, -0.05) is 42.2 Å². The number of amides is 1. The normalized spacial score (nSPS) is 17.7. The summed E-state index contributed by atoms with van der Waals surface area (Å²) in [5.74, 6) is 6.38. The Labute approximate surface area is 168 Å². The van der Waals surface area contributed by atoms with Crippen LogP contribution in [-0.4, -0.2) is 13.2 Å². The van der Waals surface area contributed by atoms with Gasteiger partial charge in [0.05, 0.1) is 13.2 Å². The predicted octanol–water partition coefficient (Wildman–Crippen LogP) is 4.76. The van der Waals surface area contributed by atoms with Crippen LogP contribution < -0.4 is 10.1 Å². The van der Waals surface area contributed by atoms with Gasteiger partial charge in [-0.15, -0.1) is 0 Å². The summed E-state index contributed by atoms with van der Waals surface area (Å²) < 4.78 is 24.1. The van der Waals surface area contributed by atoms with Gasteiger partial charge >= 0.3 is 6.09 Å². The molecule has 0 unspecified atom stereocenters. The van der Waals surface area contributed by atoms with Crippen molar-refractivity contribution >= 4 is 6.09 Å². The third-order valence-electron chi connectivity index (χ3n) is 4.65. The summed E-state index contributed by atoms with van der Waals surface area (Å²) in [4.78, 5) is 12.0. The molecule has 2 atom stereocenters. The van der Waals surface area contributed by atoms with Gasteiger partial charge in [0.15, 0.2) is 6.10 Å². The van der Waals surface area contributed by atoms with Crippen LogP contribution in [0.2, 0.25) is 0 Å². The van der Waals surface area contributed by atoms with Crippen LogP contribution in [0.15, 0.2) is 72.8 Å². The SMILES string of the molecule is COc1cccc([C@@H]2OC(=O)N[C@H]2c2cccc(C#Cc3cccc(F)c3)c2)c1. The first-order valence-electron chi connectivity index (χ1n) is 9.11. The van der Waals surface area contributed by atoms with Crippen LogP contribution in [0.3, 0.4) is 0 Å². The number of rotatable bonds is 3. The van der Waals surface area contributed by atoms with Gasteiger partial charge in [0.1, 0.15) is 11.6 Å². The average molecular weight is 387 g/mol. The van der Waals surface area contributed by atoms with Gasteiger partial charge in [-0.2, -0.15) is 0 Å². The lowest BCUT2D eigenvalue weighted by Gasteiger charge is -2.18. The van der Waals surface area contributed by atoms with Crippen LogP contribution in [0.1, 0.15) is 34.4 Å². The van der Waals surface area contributed by atoms with Gasteiger partial charge < -0.3 is 14.8 Å². The Morgan fingerprint density at radius 2 is 1.62 bits per heavy atom. The van der Waals surface area contributed by atoms with Gasteiger partial charge in [-0.3, -0.25) is 0 Å². The van der Waals surface area contributed by atoms with Crippen molar-refractivity contribution in [2.45, 2.75) is 12.1 Å². The molecule has 4 rings (SSSR count). The van der Waals surface area contributed by atoms with E-state index in [0.717, 1.165) is 16.7 Å². The highest BCUT2D eigenvalue weighted by Gasteiger charge is 2.36. The number of ether oxygens (including phenoxy) is 2. The van der Waals surface area contributed by atoms with Gasteiger partial charge in [0, 0.05) is 11.1 Å². The second-order valence-corrected chi connectivity index (χ2v) is 6.61. The fraction of sp³-hybridized carbons (Fsp3) is 0.125. The highest BCUT2D eigenvalue weighted by atomic mass is 19.1. The van der Waals surface area contributed by atoms with Crippen LogP contribution in [0.25, 0.3) is 0 Å². The maximum atomic E-state index is 13.3. The minimum absolute atomic E-state index is 0.322. The number of hydrogen-bond donors (Lipinski definition) is 1. The molecule has 3 aromatic rings. The highest BCUT2D eigenvalue weighted by Crippen LogP contribution is 2.37. The van der Waals surface area contributed by atoms with E-state index in [-0.39, 0.29) is 11.9 Å². The molecule has 0 aromatic heterocycles. The second-order valence-electron chi connectivity index (χ2n) is 6.61. The summed E-state index contributed by atoms with van der Waals surface area (Å²) in [7, 11) is 1.59. The van der Waals surface area contributed by atoms with Crippen LogP contribution >= 0.6 is 0 Å². The zero-order valence-corrected chi connectivity index (χ0v) is 15.7. The Morgan fingerprint density at radius 3 is 2.38 bits per heavy atom. The fourth-order valence-corrected chi connectivity index (χ4v) is 3.28. The number of hydrogen-bond acceptors (Lipinski definition) is 3. The monoisotopic (exact) mass is 387 g/mol. The molecule has 1 aliphatic rings. The van der Waals surface area contributed by atoms with E-state index in [1.165, 1.54) is 12.1 Å². The minimum Gasteiger partial charge on any atom is -0.497 e. The standard InChI is InChI=1S/C24H18FNO3/c1-28-21-10-4-8-19(15-21)23-22(26-24(27)29-23)18-7-2-5-16(13-18)11-12-17-6-3-9-20(25)14-17/h2-10,13-15,22-23H,1H3,(H,26,27)/t22-,23-/m0/s1. The maximum absolute atomic E-state index is 13.3. The van der Waals surface area contributed by atoms with Crippen LogP contribution in [-0.2, 0) is 4.74 Å². The van der Waals surface area contributed by atoms with Gasteiger partial charge in [0.25, 0.3) is 0 Å².